The van der Waals surface area contributed by atoms with Crippen molar-refractivity contribution in [3.63, 3.8) is 0 Å². The number of nitrogens with two attached hydrogens (primary N) is 2. The van der Waals surface area contributed by atoms with Gasteiger partial charge in [0.15, 0.2) is 0 Å². The molecule has 0 aliphatic rings. The van der Waals surface area contributed by atoms with E-state index in [4.69, 9.17) is 11.5 Å². The Morgan fingerprint density at radius 1 is 0.825 bits per heavy atom. The molecule has 2 aromatic rings. The van der Waals surface area contributed by atoms with Crippen molar-refractivity contribution in [3.8, 4) is 5.75 Å². The molecule has 0 aromatic heterocycles. The van der Waals surface area contributed by atoms with Gasteiger partial charge in [-0.15, -0.1) is 0 Å². The van der Waals surface area contributed by atoms with Crippen molar-refractivity contribution in [1.82, 2.24) is 21.3 Å². The molecule has 3 atom stereocenters. The number of aromatic hydroxyl groups is 1. The molecule has 13 heteroatoms. The molecule has 9 N–H and O–H groups in total. The number of benzene rings is 2. The van der Waals surface area contributed by atoms with Crippen LogP contribution in [0.15, 0.2) is 54.6 Å². The normalized spacial score (nSPS) is 12.8. The van der Waals surface area contributed by atoms with E-state index in [0.717, 1.165) is 11.1 Å². The predicted octanol–water partition coefficient (Wildman–Crippen LogP) is -1.10. The van der Waals surface area contributed by atoms with Crippen LogP contribution in [-0.4, -0.2) is 71.6 Å². The van der Waals surface area contributed by atoms with Crippen LogP contribution in [0.1, 0.15) is 24.0 Å². The van der Waals surface area contributed by atoms with Gasteiger partial charge in [0.2, 0.25) is 29.5 Å². The van der Waals surface area contributed by atoms with Crippen LogP contribution in [0.25, 0.3) is 0 Å². The van der Waals surface area contributed by atoms with E-state index in [9.17, 15) is 29.1 Å². The SMILES string of the molecule is NC(=O)[C@H](CS)NC(=O)[C@H](Cc1ccccc1)NC(=O)CNC(=O)CCNC(=O)[C@@H](N)CCc1ccc(O)cc1. The number of amides is 5. The maximum absolute atomic E-state index is 12.8. The Hall–Kier alpha value is -4.10. The van der Waals surface area contributed by atoms with Gasteiger partial charge >= 0.3 is 0 Å². The molecule has 0 fully saturated rings. The van der Waals surface area contributed by atoms with Gasteiger partial charge in [-0.2, -0.15) is 12.6 Å². The molecule has 2 rings (SSSR count). The van der Waals surface area contributed by atoms with E-state index in [1.165, 1.54) is 0 Å². The zero-order valence-electron chi connectivity index (χ0n) is 22.0. The quantitative estimate of drug-likeness (QED) is 0.116. The van der Waals surface area contributed by atoms with Gasteiger partial charge in [-0.1, -0.05) is 42.5 Å². The third-order valence-corrected chi connectivity index (χ3v) is 6.26. The number of nitrogens with one attached hydrogen (secondary N) is 4. The van der Waals surface area contributed by atoms with Gasteiger partial charge < -0.3 is 37.8 Å². The van der Waals surface area contributed by atoms with E-state index in [1.807, 2.05) is 6.07 Å². The van der Waals surface area contributed by atoms with Crippen molar-refractivity contribution in [2.75, 3.05) is 18.8 Å². The molecule has 0 radical (unpaired) electrons. The Kier molecular flexibility index (Phi) is 13.5. The van der Waals surface area contributed by atoms with Crippen molar-refractivity contribution in [1.29, 1.82) is 0 Å². The number of hydrogen-bond acceptors (Lipinski definition) is 8. The first kappa shape index (κ1) is 32.1. The van der Waals surface area contributed by atoms with Gasteiger partial charge in [0, 0.05) is 25.1 Å². The summed E-state index contributed by atoms with van der Waals surface area (Å²) >= 11 is 4.01. The Bertz CT molecular complexity index is 1150. The summed E-state index contributed by atoms with van der Waals surface area (Å²) in [5, 5.41) is 19.4. The minimum absolute atomic E-state index is 0.0109. The second-order valence-corrected chi connectivity index (χ2v) is 9.45. The summed E-state index contributed by atoms with van der Waals surface area (Å²) in [4.78, 5) is 61.2. The standard InChI is InChI=1S/C27H36N6O6S/c28-20(11-8-17-6-9-19(34)10-7-17)26(38)30-13-12-23(35)31-15-24(36)32-21(14-18-4-2-1-3-5-18)27(39)33-22(16-40)25(29)37/h1-7,9-10,20-22,34,40H,8,11-16,28H2,(H2,29,37)(H,30,38)(H,31,35)(H,32,36)(H,33,39)/t20-,21-,22-/m0/s1. The lowest BCUT2D eigenvalue weighted by Gasteiger charge is -2.21. The van der Waals surface area contributed by atoms with E-state index >= 15 is 0 Å². The average molecular weight is 573 g/mol. The summed E-state index contributed by atoms with van der Waals surface area (Å²) in [5.74, 6) is -2.75. The molecule has 2 aromatic carbocycles. The first-order valence-corrected chi connectivity index (χ1v) is 13.3. The van der Waals surface area contributed by atoms with Crippen LogP contribution >= 0.6 is 12.6 Å². The first-order chi connectivity index (χ1) is 19.1. The first-order valence-electron chi connectivity index (χ1n) is 12.7. The molecule has 0 aliphatic heterocycles. The van der Waals surface area contributed by atoms with Crippen molar-refractivity contribution in [2.45, 2.75) is 43.8 Å². The molecule has 0 unspecified atom stereocenters. The van der Waals surface area contributed by atoms with E-state index in [0.29, 0.717) is 12.8 Å². The number of hydrogen-bond donors (Lipinski definition) is 8. The zero-order valence-corrected chi connectivity index (χ0v) is 22.9. The van der Waals surface area contributed by atoms with Crippen LogP contribution in [0.2, 0.25) is 0 Å². The summed E-state index contributed by atoms with van der Waals surface area (Å²) in [6.45, 7) is -0.375. The Morgan fingerprint density at radius 3 is 2.12 bits per heavy atom. The Labute approximate surface area is 238 Å². The van der Waals surface area contributed by atoms with Gasteiger partial charge in [-0.3, -0.25) is 24.0 Å². The molecule has 0 spiro atoms. The Balaban J connectivity index is 1.77. The van der Waals surface area contributed by atoms with E-state index in [1.54, 1.807) is 48.5 Å². The number of aryl methyl sites for hydroxylation is 1. The van der Waals surface area contributed by atoms with Gasteiger partial charge in [0.25, 0.3) is 0 Å². The lowest BCUT2D eigenvalue weighted by atomic mass is 10.0. The lowest BCUT2D eigenvalue weighted by molar-refractivity contribution is -0.131. The van der Waals surface area contributed by atoms with Gasteiger partial charge in [-0.25, -0.2) is 0 Å². The van der Waals surface area contributed by atoms with Gasteiger partial charge in [0.05, 0.1) is 12.6 Å². The highest BCUT2D eigenvalue weighted by molar-refractivity contribution is 7.80. The molecular formula is C27H36N6O6S. The monoisotopic (exact) mass is 572 g/mol. The summed E-state index contributed by atoms with van der Waals surface area (Å²) in [6.07, 6.45) is 0.990. The topological polar surface area (TPSA) is 206 Å². The zero-order chi connectivity index (χ0) is 29.5. The van der Waals surface area contributed by atoms with Crippen LogP contribution in [0, 0.1) is 0 Å². The van der Waals surface area contributed by atoms with E-state index < -0.39 is 54.2 Å². The largest absolute Gasteiger partial charge is 0.508 e. The third-order valence-electron chi connectivity index (χ3n) is 5.89. The second kappa shape index (κ2) is 16.8. The van der Waals surface area contributed by atoms with E-state index in [-0.39, 0.29) is 30.9 Å². The van der Waals surface area contributed by atoms with Crippen molar-refractivity contribution in [2.24, 2.45) is 11.5 Å². The Morgan fingerprint density at radius 2 is 1.50 bits per heavy atom. The van der Waals surface area contributed by atoms with Gasteiger partial charge in [-0.05, 0) is 36.1 Å². The highest BCUT2D eigenvalue weighted by Crippen LogP contribution is 2.11. The number of rotatable bonds is 16. The number of thiol groups is 1. The lowest BCUT2D eigenvalue weighted by Crippen LogP contribution is -2.55. The predicted molar refractivity (Wildman–Crippen MR) is 152 cm³/mol. The highest BCUT2D eigenvalue weighted by Gasteiger charge is 2.25. The highest BCUT2D eigenvalue weighted by atomic mass is 32.1. The third kappa shape index (κ3) is 11.7. The number of phenols is 1. The van der Waals surface area contributed by atoms with E-state index in [2.05, 4.69) is 33.9 Å². The molecule has 0 aliphatic carbocycles. The minimum Gasteiger partial charge on any atom is -0.508 e. The molecule has 5 amide bonds. The van der Waals surface area contributed by atoms with Crippen LogP contribution in [0.5, 0.6) is 5.75 Å². The van der Waals surface area contributed by atoms with Crippen LogP contribution < -0.4 is 32.7 Å². The van der Waals surface area contributed by atoms with Crippen molar-refractivity contribution >= 4 is 42.2 Å². The fourth-order valence-electron chi connectivity index (χ4n) is 3.60. The summed E-state index contributed by atoms with van der Waals surface area (Å²) in [7, 11) is 0. The smallest absolute Gasteiger partial charge is 0.243 e. The number of carbonyl (C=O) groups excluding carboxylic acids is 5. The fourth-order valence-corrected chi connectivity index (χ4v) is 3.87. The van der Waals surface area contributed by atoms with Crippen LogP contribution in [-0.2, 0) is 36.8 Å². The fraction of sp³-hybridized carbons (Fsp3) is 0.370. The number of phenolic OH excluding ortho intramolecular Hbond substituents is 1. The molecular weight excluding hydrogens is 536 g/mol. The van der Waals surface area contributed by atoms with Crippen LogP contribution in [0.3, 0.4) is 0 Å². The number of primary amides is 1. The summed E-state index contributed by atoms with van der Waals surface area (Å²) in [5.41, 5.74) is 12.9. The molecule has 40 heavy (non-hydrogen) atoms. The maximum Gasteiger partial charge on any atom is 0.243 e. The van der Waals surface area contributed by atoms with Crippen molar-refractivity contribution in [3.05, 3.63) is 65.7 Å². The van der Waals surface area contributed by atoms with Crippen molar-refractivity contribution < 1.29 is 29.1 Å². The van der Waals surface area contributed by atoms with Crippen LogP contribution in [0.4, 0.5) is 0 Å². The molecule has 12 nitrogen and oxygen atoms in total. The molecule has 0 heterocycles. The summed E-state index contributed by atoms with van der Waals surface area (Å²) < 4.78 is 0. The average Bonchev–Trinajstić information content (AvgIpc) is 2.94. The molecule has 0 saturated carbocycles. The molecule has 0 bridgehead atoms. The summed E-state index contributed by atoms with van der Waals surface area (Å²) in [6, 6.07) is 12.7. The molecule has 0 saturated heterocycles. The molecule has 216 valence electrons. The minimum atomic E-state index is -1.03. The maximum atomic E-state index is 12.8. The number of carbonyl (C=O) groups is 5. The van der Waals surface area contributed by atoms with Gasteiger partial charge in [0.1, 0.15) is 17.8 Å². The second-order valence-electron chi connectivity index (χ2n) is 9.09.